The molecule has 2 aromatic rings. The highest BCUT2D eigenvalue weighted by Crippen LogP contribution is 2.24. The standard InChI is InChI=1S/C19H22N2O3/c1-13-11-17(22)15(12-20-13)19(23)21-16-9-5-6-10-18(16)24-14-7-3-2-4-8-14/h2-4,7-8,11-12,16,18H,5-6,9-10H2,1H3,(H,20,22)(H,21,23)/t16-,18-/m1/s1. The van der Waals surface area contributed by atoms with Crippen molar-refractivity contribution in [1.29, 1.82) is 0 Å². The van der Waals surface area contributed by atoms with Gasteiger partial charge in [-0.05, 0) is 38.3 Å². The first-order chi connectivity index (χ1) is 11.6. The number of ether oxygens (including phenoxy) is 1. The van der Waals surface area contributed by atoms with Crippen LogP contribution in [0.5, 0.6) is 5.75 Å². The summed E-state index contributed by atoms with van der Waals surface area (Å²) in [5.41, 5.74) is 0.615. The predicted molar refractivity (Wildman–Crippen MR) is 92.4 cm³/mol. The Morgan fingerprint density at radius 1 is 1.21 bits per heavy atom. The number of benzene rings is 1. The molecule has 0 unspecified atom stereocenters. The highest BCUT2D eigenvalue weighted by atomic mass is 16.5. The second-order valence-corrected chi connectivity index (χ2v) is 6.23. The van der Waals surface area contributed by atoms with Crippen LogP contribution in [-0.2, 0) is 0 Å². The van der Waals surface area contributed by atoms with Crippen molar-refractivity contribution in [1.82, 2.24) is 10.3 Å². The zero-order chi connectivity index (χ0) is 16.9. The first kappa shape index (κ1) is 16.3. The molecule has 1 saturated carbocycles. The van der Waals surface area contributed by atoms with Crippen LogP contribution in [0.15, 0.2) is 47.4 Å². The van der Waals surface area contributed by atoms with Gasteiger partial charge < -0.3 is 15.0 Å². The van der Waals surface area contributed by atoms with Crippen LogP contribution < -0.4 is 15.5 Å². The monoisotopic (exact) mass is 326 g/mol. The van der Waals surface area contributed by atoms with E-state index in [-0.39, 0.29) is 29.0 Å². The van der Waals surface area contributed by atoms with Crippen LogP contribution in [0.4, 0.5) is 0 Å². The molecule has 5 heteroatoms. The number of carbonyl (C=O) groups excluding carboxylic acids is 1. The quantitative estimate of drug-likeness (QED) is 0.907. The molecule has 1 aromatic heterocycles. The molecule has 5 nitrogen and oxygen atoms in total. The molecule has 0 saturated heterocycles. The van der Waals surface area contributed by atoms with Crippen molar-refractivity contribution < 1.29 is 9.53 Å². The molecular weight excluding hydrogens is 304 g/mol. The zero-order valence-electron chi connectivity index (χ0n) is 13.7. The van der Waals surface area contributed by atoms with Gasteiger partial charge in [0.25, 0.3) is 5.91 Å². The van der Waals surface area contributed by atoms with Gasteiger partial charge in [0.1, 0.15) is 17.4 Å². The van der Waals surface area contributed by atoms with Crippen LogP contribution in [0.1, 0.15) is 41.7 Å². The minimum Gasteiger partial charge on any atom is -0.488 e. The van der Waals surface area contributed by atoms with Crippen LogP contribution in [0, 0.1) is 6.92 Å². The van der Waals surface area contributed by atoms with Gasteiger partial charge in [-0.15, -0.1) is 0 Å². The van der Waals surface area contributed by atoms with E-state index in [0.717, 1.165) is 37.1 Å². The lowest BCUT2D eigenvalue weighted by Crippen LogP contribution is -2.48. The lowest BCUT2D eigenvalue weighted by Gasteiger charge is -2.32. The SMILES string of the molecule is Cc1cc(=O)c(C(=O)N[C@@H]2CCCC[C@H]2Oc2ccccc2)c[nH]1. The second kappa shape index (κ2) is 7.34. The third-order valence-electron chi connectivity index (χ3n) is 4.35. The smallest absolute Gasteiger partial charge is 0.257 e. The van der Waals surface area contributed by atoms with E-state index in [1.807, 2.05) is 30.3 Å². The average Bonchev–Trinajstić information content (AvgIpc) is 2.57. The highest BCUT2D eigenvalue weighted by Gasteiger charge is 2.29. The molecule has 1 aliphatic carbocycles. The Morgan fingerprint density at radius 3 is 2.71 bits per heavy atom. The van der Waals surface area contributed by atoms with Crippen molar-refractivity contribution in [2.45, 2.75) is 44.8 Å². The van der Waals surface area contributed by atoms with Gasteiger partial charge in [0.2, 0.25) is 0 Å². The Labute approximate surface area is 141 Å². The van der Waals surface area contributed by atoms with Crippen molar-refractivity contribution in [2.24, 2.45) is 0 Å². The topological polar surface area (TPSA) is 71.2 Å². The molecule has 1 fully saturated rings. The maximum absolute atomic E-state index is 12.5. The fourth-order valence-electron chi connectivity index (χ4n) is 3.07. The third-order valence-corrected chi connectivity index (χ3v) is 4.35. The van der Waals surface area contributed by atoms with Crippen molar-refractivity contribution >= 4 is 5.91 Å². The number of aromatic nitrogens is 1. The summed E-state index contributed by atoms with van der Waals surface area (Å²) in [7, 11) is 0. The number of carbonyl (C=O) groups is 1. The van der Waals surface area contributed by atoms with E-state index < -0.39 is 0 Å². The van der Waals surface area contributed by atoms with Crippen molar-refractivity contribution in [3.05, 3.63) is 64.1 Å². The molecular formula is C19H22N2O3. The summed E-state index contributed by atoms with van der Waals surface area (Å²) in [4.78, 5) is 27.4. The van der Waals surface area contributed by atoms with Gasteiger partial charge in [0, 0.05) is 18.0 Å². The van der Waals surface area contributed by atoms with Gasteiger partial charge in [-0.25, -0.2) is 0 Å². The van der Waals surface area contributed by atoms with E-state index in [2.05, 4.69) is 10.3 Å². The van der Waals surface area contributed by atoms with Crippen LogP contribution in [0.3, 0.4) is 0 Å². The number of H-pyrrole nitrogens is 1. The van der Waals surface area contributed by atoms with Crippen molar-refractivity contribution in [3.63, 3.8) is 0 Å². The number of hydrogen-bond acceptors (Lipinski definition) is 3. The minimum absolute atomic E-state index is 0.0744. The number of pyridine rings is 1. The Kier molecular flexibility index (Phi) is 4.99. The van der Waals surface area contributed by atoms with Crippen LogP contribution >= 0.6 is 0 Å². The van der Waals surface area contributed by atoms with Gasteiger partial charge in [-0.3, -0.25) is 9.59 Å². The second-order valence-electron chi connectivity index (χ2n) is 6.23. The van der Waals surface area contributed by atoms with E-state index >= 15 is 0 Å². The summed E-state index contributed by atoms with van der Waals surface area (Å²) in [6, 6.07) is 11.0. The molecule has 1 aliphatic rings. The fourth-order valence-corrected chi connectivity index (χ4v) is 3.07. The molecule has 126 valence electrons. The third kappa shape index (κ3) is 3.85. The largest absolute Gasteiger partial charge is 0.488 e. The van der Waals surface area contributed by atoms with Gasteiger partial charge in [-0.2, -0.15) is 0 Å². The number of aryl methyl sites for hydroxylation is 1. The maximum Gasteiger partial charge on any atom is 0.257 e. The maximum atomic E-state index is 12.5. The number of nitrogens with one attached hydrogen (secondary N) is 2. The molecule has 0 bridgehead atoms. The summed E-state index contributed by atoms with van der Waals surface area (Å²) in [6.07, 6.45) is 5.27. The van der Waals surface area contributed by atoms with Gasteiger partial charge in [-0.1, -0.05) is 24.6 Å². The molecule has 1 aromatic carbocycles. The van der Waals surface area contributed by atoms with Gasteiger partial charge in [0.15, 0.2) is 5.43 Å². The number of hydrogen-bond donors (Lipinski definition) is 2. The van der Waals surface area contributed by atoms with E-state index in [1.54, 1.807) is 6.92 Å². The summed E-state index contributed by atoms with van der Waals surface area (Å²) in [6.45, 7) is 1.79. The first-order valence-corrected chi connectivity index (χ1v) is 8.35. The molecule has 2 N–H and O–H groups in total. The summed E-state index contributed by atoms with van der Waals surface area (Å²) < 4.78 is 6.05. The summed E-state index contributed by atoms with van der Waals surface area (Å²) >= 11 is 0. The number of aromatic amines is 1. The number of rotatable bonds is 4. The van der Waals surface area contributed by atoms with Crippen molar-refractivity contribution in [3.8, 4) is 5.75 Å². The van der Waals surface area contributed by atoms with Crippen molar-refractivity contribution in [2.75, 3.05) is 0 Å². The molecule has 1 heterocycles. The van der Waals surface area contributed by atoms with E-state index in [4.69, 9.17) is 4.74 Å². The molecule has 2 atom stereocenters. The predicted octanol–water partition coefficient (Wildman–Crippen LogP) is 2.80. The fraction of sp³-hybridized carbons (Fsp3) is 0.368. The van der Waals surface area contributed by atoms with Crippen LogP contribution in [0.25, 0.3) is 0 Å². The Balaban J connectivity index is 1.71. The minimum atomic E-state index is -0.343. The molecule has 0 spiro atoms. The van der Waals surface area contributed by atoms with Crippen LogP contribution in [-0.4, -0.2) is 23.0 Å². The lowest BCUT2D eigenvalue weighted by atomic mass is 9.92. The Bertz CT molecular complexity index is 755. The highest BCUT2D eigenvalue weighted by molar-refractivity contribution is 5.94. The molecule has 0 radical (unpaired) electrons. The summed E-state index contributed by atoms with van der Waals surface area (Å²) in [5.74, 6) is 0.460. The van der Waals surface area contributed by atoms with E-state index in [1.165, 1.54) is 12.3 Å². The summed E-state index contributed by atoms with van der Waals surface area (Å²) in [5, 5.41) is 2.98. The zero-order valence-corrected chi connectivity index (χ0v) is 13.7. The lowest BCUT2D eigenvalue weighted by molar-refractivity contribution is 0.0796. The average molecular weight is 326 g/mol. The molecule has 1 amide bonds. The Morgan fingerprint density at radius 2 is 1.96 bits per heavy atom. The van der Waals surface area contributed by atoms with Gasteiger partial charge >= 0.3 is 0 Å². The Hall–Kier alpha value is -2.56. The number of amides is 1. The molecule has 24 heavy (non-hydrogen) atoms. The molecule has 0 aliphatic heterocycles. The molecule has 3 rings (SSSR count). The van der Waals surface area contributed by atoms with E-state index in [9.17, 15) is 9.59 Å². The van der Waals surface area contributed by atoms with Crippen LogP contribution in [0.2, 0.25) is 0 Å². The first-order valence-electron chi connectivity index (χ1n) is 8.35. The number of para-hydroxylation sites is 1. The normalized spacial score (nSPS) is 20.4. The van der Waals surface area contributed by atoms with Gasteiger partial charge in [0.05, 0.1) is 6.04 Å². The van der Waals surface area contributed by atoms with E-state index in [0.29, 0.717) is 0 Å².